The van der Waals surface area contributed by atoms with Gasteiger partial charge in [-0.2, -0.15) is 0 Å². The van der Waals surface area contributed by atoms with Crippen LogP contribution in [-0.2, 0) is 0 Å². The first kappa shape index (κ1) is 15.2. The molecule has 2 heterocycles. The number of anilines is 1. The molecule has 0 bridgehead atoms. The Morgan fingerprint density at radius 2 is 2.33 bits per heavy atom. The Balaban J connectivity index is 2.20. The van der Waals surface area contributed by atoms with Gasteiger partial charge >= 0.3 is 0 Å². The van der Waals surface area contributed by atoms with Gasteiger partial charge in [0, 0.05) is 17.8 Å². The number of nitrogens with zero attached hydrogens (tertiary/aromatic N) is 2. The molecule has 21 heavy (non-hydrogen) atoms. The Hall–Kier alpha value is -2.23. The zero-order valence-corrected chi connectivity index (χ0v) is 12.6. The SMILES string of the molecule is CC(C)c1csc(NC(=O)c2ccncc2C#CCO)n1. The largest absolute Gasteiger partial charge is 0.384 e. The van der Waals surface area contributed by atoms with Crippen LogP contribution >= 0.6 is 11.3 Å². The molecule has 0 radical (unpaired) electrons. The zero-order valence-electron chi connectivity index (χ0n) is 11.8. The van der Waals surface area contributed by atoms with E-state index in [1.807, 2.05) is 19.2 Å². The van der Waals surface area contributed by atoms with Crippen molar-refractivity contribution in [3.8, 4) is 11.8 Å². The minimum Gasteiger partial charge on any atom is -0.384 e. The van der Waals surface area contributed by atoms with Crippen LogP contribution in [0.3, 0.4) is 0 Å². The molecule has 0 fully saturated rings. The smallest absolute Gasteiger partial charge is 0.258 e. The van der Waals surface area contributed by atoms with Crippen molar-refractivity contribution in [2.45, 2.75) is 19.8 Å². The van der Waals surface area contributed by atoms with Crippen molar-refractivity contribution in [1.29, 1.82) is 0 Å². The number of hydrogen-bond acceptors (Lipinski definition) is 5. The summed E-state index contributed by atoms with van der Waals surface area (Å²) in [6.07, 6.45) is 3.03. The summed E-state index contributed by atoms with van der Waals surface area (Å²) in [7, 11) is 0. The van der Waals surface area contributed by atoms with Crippen LogP contribution in [0.4, 0.5) is 5.13 Å². The highest BCUT2D eigenvalue weighted by Gasteiger charge is 2.13. The van der Waals surface area contributed by atoms with Crippen LogP contribution in [0.15, 0.2) is 23.8 Å². The number of nitrogens with one attached hydrogen (secondary N) is 1. The van der Waals surface area contributed by atoms with E-state index in [0.29, 0.717) is 22.2 Å². The second-order valence-electron chi connectivity index (χ2n) is 4.57. The van der Waals surface area contributed by atoms with Crippen LogP contribution in [0, 0.1) is 11.8 Å². The number of aliphatic hydroxyl groups excluding tert-OH is 1. The van der Waals surface area contributed by atoms with Crippen LogP contribution in [0.5, 0.6) is 0 Å². The van der Waals surface area contributed by atoms with E-state index in [9.17, 15) is 4.79 Å². The summed E-state index contributed by atoms with van der Waals surface area (Å²) in [5.41, 5.74) is 1.84. The first-order valence-electron chi connectivity index (χ1n) is 6.42. The van der Waals surface area contributed by atoms with Gasteiger partial charge in [0.25, 0.3) is 5.91 Å². The van der Waals surface area contributed by atoms with E-state index >= 15 is 0 Å². The molecule has 0 unspecified atom stereocenters. The topological polar surface area (TPSA) is 75.1 Å². The lowest BCUT2D eigenvalue weighted by atomic mass is 10.1. The van der Waals surface area contributed by atoms with Crippen LogP contribution < -0.4 is 5.32 Å². The molecule has 0 aliphatic carbocycles. The normalized spacial score (nSPS) is 10.1. The fourth-order valence-electron chi connectivity index (χ4n) is 1.60. The Morgan fingerprint density at radius 3 is 3.00 bits per heavy atom. The molecule has 2 rings (SSSR count). The van der Waals surface area contributed by atoms with E-state index in [2.05, 4.69) is 27.1 Å². The number of thiazole rings is 1. The number of carbonyl (C=O) groups excluding carboxylic acids is 1. The van der Waals surface area contributed by atoms with Crippen molar-refractivity contribution in [3.63, 3.8) is 0 Å². The summed E-state index contributed by atoms with van der Waals surface area (Å²) in [6, 6.07) is 1.59. The van der Waals surface area contributed by atoms with E-state index in [1.54, 1.807) is 6.07 Å². The fraction of sp³-hybridized carbons (Fsp3) is 0.267. The van der Waals surface area contributed by atoms with Crippen molar-refractivity contribution in [1.82, 2.24) is 9.97 Å². The van der Waals surface area contributed by atoms with Crippen LogP contribution in [0.25, 0.3) is 0 Å². The lowest BCUT2D eigenvalue weighted by molar-refractivity contribution is 0.102. The highest BCUT2D eigenvalue weighted by Crippen LogP contribution is 2.22. The number of hydrogen-bond donors (Lipinski definition) is 2. The summed E-state index contributed by atoms with van der Waals surface area (Å²) in [4.78, 5) is 20.6. The van der Waals surface area contributed by atoms with Gasteiger partial charge < -0.3 is 5.11 Å². The van der Waals surface area contributed by atoms with Gasteiger partial charge in [0.05, 0.1) is 16.8 Å². The van der Waals surface area contributed by atoms with Crippen LogP contribution in [0.1, 0.15) is 41.4 Å². The Labute approximate surface area is 127 Å². The van der Waals surface area contributed by atoms with Crippen LogP contribution in [-0.4, -0.2) is 27.6 Å². The Bertz CT molecular complexity index is 698. The Morgan fingerprint density at radius 1 is 1.52 bits per heavy atom. The quantitative estimate of drug-likeness (QED) is 0.853. The first-order chi connectivity index (χ1) is 10.1. The van der Waals surface area contributed by atoms with E-state index in [0.717, 1.165) is 5.69 Å². The third-order valence-corrected chi connectivity index (χ3v) is 3.48. The van der Waals surface area contributed by atoms with Gasteiger partial charge in [0.15, 0.2) is 5.13 Å². The van der Waals surface area contributed by atoms with Gasteiger partial charge in [-0.3, -0.25) is 15.1 Å². The number of rotatable bonds is 3. The molecule has 0 aromatic carbocycles. The number of aliphatic hydroxyl groups is 1. The molecular formula is C15H15N3O2S. The number of pyridine rings is 1. The van der Waals surface area contributed by atoms with Gasteiger partial charge in [-0.15, -0.1) is 11.3 Å². The predicted molar refractivity (Wildman–Crippen MR) is 82.4 cm³/mol. The van der Waals surface area contributed by atoms with Gasteiger partial charge in [-0.1, -0.05) is 25.7 Å². The maximum atomic E-state index is 12.3. The molecule has 2 aromatic rings. The third-order valence-electron chi connectivity index (χ3n) is 2.70. The van der Waals surface area contributed by atoms with Gasteiger partial charge in [-0.25, -0.2) is 4.98 Å². The lowest BCUT2D eigenvalue weighted by Gasteiger charge is -2.04. The summed E-state index contributed by atoms with van der Waals surface area (Å²) < 4.78 is 0. The number of aromatic nitrogens is 2. The molecule has 2 aromatic heterocycles. The molecule has 0 saturated heterocycles. The summed E-state index contributed by atoms with van der Waals surface area (Å²) in [5.74, 6) is 5.26. The molecule has 0 spiro atoms. The van der Waals surface area contributed by atoms with Crippen molar-refractivity contribution >= 4 is 22.4 Å². The average Bonchev–Trinajstić information content (AvgIpc) is 2.94. The maximum Gasteiger partial charge on any atom is 0.258 e. The maximum absolute atomic E-state index is 12.3. The van der Waals surface area contributed by atoms with Crippen molar-refractivity contribution in [2.24, 2.45) is 0 Å². The molecule has 6 heteroatoms. The van der Waals surface area contributed by atoms with Gasteiger partial charge in [-0.05, 0) is 12.0 Å². The molecule has 1 amide bonds. The van der Waals surface area contributed by atoms with E-state index in [1.165, 1.54) is 23.7 Å². The fourth-order valence-corrected chi connectivity index (χ4v) is 2.47. The monoisotopic (exact) mass is 301 g/mol. The highest BCUT2D eigenvalue weighted by molar-refractivity contribution is 7.14. The Kier molecular flexibility index (Phi) is 5.04. The minimum absolute atomic E-state index is 0.264. The summed E-state index contributed by atoms with van der Waals surface area (Å²) >= 11 is 1.39. The minimum atomic E-state index is -0.288. The second-order valence-corrected chi connectivity index (χ2v) is 5.43. The molecule has 0 aliphatic rings. The molecule has 2 N–H and O–H groups in total. The van der Waals surface area contributed by atoms with Crippen molar-refractivity contribution < 1.29 is 9.90 Å². The molecule has 0 saturated carbocycles. The average molecular weight is 301 g/mol. The predicted octanol–water partition coefficient (Wildman–Crippen LogP) is 2.26. The lowest BCUT2D eigenvalue weighted by Crippen LogP contribution is -2.13. The standard InChI is InChI=1S/C15H15N3O2S/c1-10(2)13-9-21-15(17-13)18-14(20)12-5-6-16-8-11(12)4-3-7-19/h5-6,8-10,19H,7H2,1-2H3,(H,17,18,20). The van der Waals surface area contributed by atoms with E-state index in [-0.39, 0.29) is 12.5 Å². The molecule has 0 aliphatic heterocycles. The third kappa shape index (κ3) is 3.88. The first-order valence-corrected chi connectivity index (χ1v) is 7.30. The molecule has 108 valence electrons. The summed E-state index contributed by atoms with van der Waals surface area (Å²) in [6.45, 7) is 3.83. The van der Waals surface area contributed by atoms with Gasteiger partial charge in [0.2, 0.25) is 0 Å². The van der Waals surface area contributed by atoms with Crippen LogP contribution in [0.2, 0.25) is 0 Å². The molecule has 0 atom stereocenters. The number of amides is 1. The van der Waals surface area contributed by atoms with Crippen molar-refractivity contribution in [3.05, 3.63) is 40.7 Å². The zero-order chi connectivity index (χ0) is 15.2. The van der Waals surface area contributed by atoms with Crippen molar-refractivity contribution in [2.75, 3.05) is 11.9 Å². The molecule has 5 nitrogen and oxygen atoms in total. The van der Waals surface area contributed by atoms with E-state index < -0.39 is 0 Å². The van der Waals surface area contributed by atoms with E-state index in [4.69, 9.17) is 5.11 Å². The number of carbonyl (C=O) groups is 1. The molecular weight excluding hydrogens is 286 g/mol. The second kappa shape index (κ2) is 6.97. The highest BCUT2D eigenvalue weighted by atomic mass is 32.1. The van der Waals surface area contributed by atoms with Gasteiger partial charge in [0.1, 0.15) is 6.61 Å². The summed E-state index contributed by atoms with van der Waals surface area (Å²) in [5, 5.41) is 14.0.